The number of hydrogen-bond donors (Lipinski definition) is 2. The number of benzene rings is 2. The van der Waals surface area contributed by atoms with Gasteiger partial charge in [-0.15, -0.1) is 0 Å². The Labute approximate surface area is 201 Å². The Hall–Kier alpha value is -3.88. The van der Waals surface area contributed by atoms with Crippen LogP contribution in [0.4, 0.5) is 5.69 Å². The third-order valence-corrected chi connectivity index (χ3v) is 5.69. The van der Waals surface area contributed by atoms with Gasteiger partial charge in [-0.2, -0.15) is 0 Å². The summed E-state index contributed by atoms with van der Waals surface area (Å²) in [6.07, 6.45) is 2.97. The molecular formula is C24H24N4O5S. The number of para-hydroxylation sites is 1. The van der Waals surface area contributed by atoms with Gasteiger partial charge in [-0.1, -0.05) is 41.1 Å². The number of hydrogen-bond acceptors (Lipinski definition) is 8. The largest absolute Gasteiger partial charge is 0.504 e. The van der Waals surface area contributed by atoms with E-state index in [1.165, 1.54) is 6.07 Å². The number of nitrogens with one attached hydrogen (secondary N) is 1. The van der Waals surface area contributed by atoms with Gasteiger partial charge in [0, 0.05) is 17.1 Å². The van der Waals surface area contributed by atoms with Crippen LogP contribution >= 0.6 is 11.8 Å². The van der Waals surface area contributed by atoms with Gasteiger partial charge in [-0.05, 0) is 61.2 Å². The van der Waals surface area contributed by atoms with Crippen LogP contribution in [-0.4, -0.2) is 36.6 Å². The second-order valence-corrected chi connectivity index (χ2v) is 8.14. The average Bonchev–Trinajstić information content (AvgIpc) is 3.12. The molecule has 34 heavy (non-hydrogen) atoms. The lowest BCUT2D eigenvalue weighted by atomic mass is 10.1. The number of rotatable bonds is 11. The van der Waals surface area contributed by atoms with Crippen LogP contribution < -0.4 is 10.1 Å². The summed E-state index contributed by atoms with van der Waals surface area (Å²) in [4.78, 5) is 28.5. The molecule has 3 rings (SSSR count). The molecule has 0 aromatic heterocycles. The van der Waals surface area contributed by atoms with Crippen molar-refractivity contribution in [3.63, 3.8) is 0 Å². The lowest BCUT2D eigenvalue weighted by molar-refractivity contribution is -0.139. The van der Waals surface area contributed by atoms with Gasteiger partial charge in [0.2, 0.25) is 5.78 Å². The molecule has 0 saturated heterocycles. The third kappa shape index (κ3) is 6.57. The average molecular weight is 481 g/mol. The van der Waals surface area contributed by atoms with E-state index in [9.17, 15) is 14.7 Å². The van der Waals surface area contributed by atoms with Crippen LogP contribution in [0.3, 0.4) is 0 Å². The number of allylic oxidation sites excluding steroid dienone is 1. The Kier molecular flexibility index (Phi) is 9.02. The van der Waals surface area contributed by atoms with E-state index >= 15 is 0 Å². The highest BCUT2D eigenvalue weighted by atomic mass is 32.2. The van der Waals surface area contributed by atoms with Gasteiger partial charge < -0.3 is 19.9 Å². The summed E-state index contributed by atoms with van der Waals surface area (Å²) in [6.45, 7) is 2.59. The highest BCUT2D eigenvalue weighted by Crippen LogP contribution is 2.41. The van der Waals surface area contributed by atoms with Crippen molar-refractivity contribution in [2.24, 2.45) is 5.11 Å². The van der Waals surface area contributed by atoms with Crippen molar-refractivity contribution < 1.29 is 24.2 Å². The number of azide groups is 1. The first-order chi connectivity index (χ1) is 16.5. The fourth-order valence-corrected chi connectivity index (χ4v) is 4.12. The van der Waals surface area contributed by atoms with Crippen LogP contribution in [0.1, 0.15) is 25.3 Å². The molecule has 1 aliphatic rings. The minimum Gasteiger partial charge on any atom is -0.504 e. The van der Waals surface area contributed by atoms with Crippen LogP contribution in [0.15, 0.2) is 69.2 Å². The molecule has 9 nitrogen and oxygen atoms in total. The molecule has 0 aliphatic carbocycles. The summed E-state index contributed by atoms with van der Waals surface area (Å²) in [5, 5.41) is 17.3. The lowest BCUT2D eigenvalue weighted by Gasteiger charge is -2.08. The molecule has 1 aliphatic heterocycles. The smallest absolute Gasteiger partial charge is 0.344 e. The zero-order valence-electron chi connectivity index (χ0n) is 18.6. The minimum absolute atomic E-state index is 0.0492. The second-order valence-electron chi connectivity index (χ2n) is 7.09. The Morgan fingerprint density at radius 1 is 1.24 bits per heavy atom. The Balaban J connectivity index is 1.74. The molecule has 0 saturated carbocycles. The van der Waals surface area contributed by atoms with Crippen molar-refractivity contribution in [2.75, 3.05) is 25.1 Å². The second kappa shape index (κ2) is 12.4. The van der Waals surface area contributed by atoms with Gasteiger partial charge in [-0.3, -0.25) is 4.79 Å². The monoisotopic (exact) mass is 480 g/mol. The molecule has 0 spiro atoms. The fraction of sp³-hybridized carbons (Fsp3) is 0.250. The van der Waals surface area contributed by atoms with Gasteiger partial charge in [0.05, 0.1) is 23.1 Å². The number of ether oxygens (including phenoxy) is 2. The molecule has 1 heterocycles. The predicted molar refractivity (Wildman–Crippen MR) is 131 cm³/mol. The summed E-state index contributed by atoms with van der Waals surface area (Å²) in [6, 6.07) is 14.0. The fourth-order valence-electron chi connectivity index (χ4n) is 3.07. The molecule has 2 N–H and O–H groups in total. The van der Waals surface area contributed by atoms with Gasteiger partial charge in [0.25, 0.3) is 0 Å². The molecule has 0 amide bonds. The quantitative estimate of drug-likeness (QED) is 0.0836. The highest BCUT2D eigenvalue weighted by molar-refractivity contribution is 8.08. The van der Waals surface area contributed by atoms with Crippen LogP contribution in [0.25, 0.3) is 16.5 Å². The molecule has 176 valence electrons. The number of anilines is 1. The zero-order valence-corrected chi connectivity index (χ0v) is 19.4. The first-order valence-corrected chi connectivity index (χ1v) is 11.5. The molecule has 2 aromatic rings. The molecular weight excluding hydrogens is 456 g/mol. The molecule has 0 radical (unpaired) electrons. The number of aromatic hydroxyl groups is 1. The minimum atomic E-state index is -0.686. The lowest BCUT2D eigenvalue weighted by Crippen LogP contribution is -2.16. The highest BCUT2D eigenvalue weighted by Gasteiger charge is 2.35. The van der Waals surface area contributed by atoms with Crippen molar-refractivity contribution in [3.8, 4) is 11.5 Å². The first-order valence-electron chi connectivity index (χ1n) is 10.7. The maximum atomic E-state index is 13.0. The van der Waals surface area contributed by atoms with E-state index in [1.807, 2.05) is 30.3 Å². The van der Waals surface area contributed by atoms with Gasteiger partial charge in [-0.25, -0.2) is 4.79 Å². The van der Waals surface area contributed by atoms with E-state index in [0.717, 1.165) is 17.4 Å². The summed E-state index contributed by atoms with van der Waals surface area (Å²) in [5.74, 6) is -0.884. The number of carbonyl (C=O) groups excluding carboxylic acids is 2. The van der Waals surface area contributed by atoms with Crippen LogP contribution in [0, 0.1) is 0 Å². The molecule has 2 aromatic carbocycles. The zero-order chi connectivity index (χ0) is 24.3. The molecule has 0 fully saturated rings. The number of thioether (sulfide) groups is 1. The molecule has 0 bridgehead atoms. The van der Waals surface area contributed by atoms with Crippen molar-refractivity contribution in [2.45, 2.75) is 19.8 Å². The van der Waals surface area contributed by atoms with E-state index in [4.69, 9.17) is 15.0 Å². The number of unbranched alkanes of at least 4 members (excludes halogenated alkanes) is 1. The van der Waals surface area contributed by atoms with Gasteiger partial charge in [0.15, 0.2) is 11.5 Å². The van der Waals surface area contributed by atoms with Crippen LogP contribution in [-0.2, 0) is 14.3 Å². The van der Waals surface area contributed by atoms with Crippen molar-refractivity contribution >= 4 is 35.3 Å². The summed E-state index contributed by atoms with van der Waals surface area (Å²) < 4.78 is 10.7. The molecule has 10 heteroatoms. The Bertz CT molecular complexity index is 1160. The molecule has 0 unspecified atom stereocenters. The number of esters is 1. The van der Waals surface area contributed by atoms with Crippen molar-refractivity contribution in [1.82, 2.24) is 0 Å². The van der Waals surface area contributed by atoms with E-state index in [0.29, 0.717) is 47.2 Å². The summed E-state index contributed by atoms with van der Waals surface area (Å²) in [7, 11) is 0. The van der Waals surface area contributed by atoms with E-state index in [-0.39, 0.29) is 17.9 Å². The normalized spacial score (nSPS) is 14.1. The number of carbonyl (C=O) groups is 2. The topological polar surface area (TPSA) is 134 Å². The molecule has 0 atom stereocenters. The third-order valence-electron chi connectivity index (χ3n) is 4.66. The number of nitrogens with zero attached hydrogens (tertiary/aromatic N) is 3. The maximum Gasteiger partial charge on any atom is 0.344 e. The van der Waals surface area contributed by atoms with Crippen molar-refractivity contribution in [1.29, 1.82) is 0 Å². The number of phenolic OH excluding ortho intramolecular Hbond substituents is 1. The number of Topliss-reactive ketones (excluding diaryl/α,β-unsaturated/α-hetero) is 1. The van der Waals surface area contributed by atoms with Crippen LogP contribution in [0.5, 0.6) is 11.5 Å². The van der Waals surface area contributed by atoms with Gasteiger partial charge >= 0.3 is 5.97 Å². The van der Waals surface area contributed by atoms with E-state index < -0.39 is 11.8 Å². The first kappa shape index (κ1) is 24.8. The maximum absolute atomic E-state index is 13.0. The Morgan fingerprint density at radius 3 is 2.74 bits per heavy atom. The standard InChI is InChI=1S/C24H24N4O5S/c1-2-32-24(31)21-22(30)20(34-23(21)27-17-8-4-3-5-9-17)15-16-10-11-19(18(29)14-16)33-13-7-6-12-26-28-25/h3-5,8-11,14-15,27,29H,2,6-7,12-13H2,1H3/b20-15-. The summed E-state index contributed by atoms with van der Waals surface area (Å²) in [5.41, 5.74) is 9.53. The van der Waals surface area contributed by atoms with Crippen molar-refractivity contribution in [3.05, 3.63) is 80.0 Å². The van der Waals surface area contributed by atoms with E-state index in [2.05, 4.69) is 15.3 Å². The predicted octanol–water partition coefficient (Wildman–Crippen LogP) is 5.41. The SMILES string of the molecule is CCOC(=O)C1=C(Nc2ccccc2)S/C(=C\c2ccc(OCCCCN=[N+]=[N-])c(O)c2)C1=O. The Morgan fingerprint density at radius 2 is 2.03 bits per heavy atom. The summed E-state index contributed by atoms with van der Waals surface area (Å²) >= 11 is 1.14. The van der Waals surface area contributed by atoms with E-state index in [1.54, 1.807) is 25.1 Å². The number of phenols is 1. The number of ketones is 1. The van der Waals surface area contributed by atoms with Crippen LogP contribution in [0.2, 0.25) is 0 Å². The van der Waals surface area contributed by atoms with Gasteiger partial charge in [0.1, 0.15) is 5.57 Å².